The second-order valence-corrected chi connectivity index (χ2v) is 5.05. The van der Waals surface area contributed by atoms with Crippen LogP contribution in [-0.4, -0.2) is 23.7 Å². The van der Waals surface area contributed by atoms with Crippen molar-refractivity contribution >= 4 is 29.5 Å². The highest BCUT2D eigenvalue weighted by atomic mass is 16.4. The predicted molar refractivity (Wildman–Crippen MR) is 90.4 cm³/mol. The molecule has 0 fully saturated rings. The topological polar surface area (TPSA) is 99.7 Å². The molecule has 1 heterocycles. The lowest BCUT2D eigenvalue weighted by Gasteiger charge is -2.10. The van der Waals surface area contributed by atoms with Gasteiger partial charge < -0.3 is 16.2 Å². The molecule has 2 aromatic carbocycles. The number of nitrogens with one attached hydrogen (secondary N) is 2. The lowest BCUT2D eigenvalue weighted by molar-refractivity contribution is 0.200. The van der Waals surface area contributed by atoms with Crippen molar-refractivity contribution in [1.82, 2.24) is 5.32 Å². The Bertz CT molecular complexity index is 903. The molecule has 23 heavy (non-hydrogen) atoms. The standard InChI is InChI=1S/C17H16N4O2/c18-16(21-17(22)23)19-10-15-13-7-3-1-5-11(13)9-12-6-2-4-8-14(12)20-15/h1-9,20H,10H2,(H,22,23)(H3,18,19,21). The number of benzene rings is 2. The number of hydrogen-bond donors (Lipinski definition) is 4. The first-order valence-corrected chi connectivity index (χ1v) is 7.09. The summed E-state index contributed by atoms with van der Waals surface area (Å²) in [5.74, 6) is -0.134. The monoisotopic (exact) mass is 308 g/mol. The van der Waals surface area contributed by atoms with E-state index in [9.17, 15) is 4.79 Å². The molecule has 0 saturated heterocycles. The fraction of sp³-hybridized carbons (Fsp3) is 0.0588. The summed E-state index contributed by atoms with van der Waals surface area (Å²) >= 11 is 0. The molecule has 6 heteroatoms. The molecule has 0 spiro atoms. The summed E-state index contributed by atoms with van der Waals surface area (Å²) < 4.78 is 0. The van der Waals surface area contributed by atoms with Gasteiger partial charge in [0.2, 0.25) is 0 Å². The maximum atomic E-state index is 10.6. The highest BCUT2D eigenvalue weighted by molar-refractivity contribution is 5.92. The van der Waals surface area contributed by atoms with Crippen LogP contribution in [0.5, 0.6) is 0 Å². The van der Waals surface area contributed by atoms with Crippen molar-refractivity contribution in [3.8, 4) is 0 Å². The third kappa shape index (κ3) is 3.32. The molecule has 5 N–H and O–H groups in total. The number of rotatable bonds is 2. The van der Waals surface area contributed by atoms with Gasteiger partial charge in [-0.25, -0.2) is 9.79 Å². The van der Waals surface area contributed by atoms with Gasteiger partial charge in [0.25, 0.3) is 0 Å². The number of fused-ring (bicyclic) bond motifs is 2. The lowest BCUT2D eigenvalue weighted by atomic mass is 10.1. The van der Waals surface area contributed by atoms with E-state index in [4.69, 9.17) is 10.8 Å². The van der Waals surface area contributed by atoms with E-state index in [1.807, 2.05) is 53.8 Å². The number of carbonyl (C=O) groups is 1. The zero-order chi connectivity index (χ0) is 16.2. The van der Waals surface area contributed by atoms with Crippen molar-refractivity contribution in [2.75, 3.05) is 11.9 Å². The molecule has 1 amide bonds. The largest absolute Gasteiger partial charge is 0.465 e. The first-order chi connectivity index (χ1) is 11.1. The summed E-state index contributed by atoms with van der Waals surface area (Å²) in [4.78, 5) is 14.7. The minimum absolute atomic E-state index is 0.134. The molecule has 6 nitrogen and oxygen atoms in total. The third-order valence-corrected chi connectivity index (χ3v) is 3.49. The molecule has 0 atom stereocenters. The van der Waals surface area contributed by atoms with E-state index in [0.717, 1.165) is 27.4 Å². The lowest BCUT2D eigenvalue weighted by Crippen LogP contribution is -2.36. The van der Waals surface area contributed by atoms with Crippen LogP contribution in [0.2, 0.25) is 0 Å². The summed E-state index contributed by atoms with van der Waals surface area (Å²) in [5, 5.41) is 16.1. The number of aliphatic imine (C=N–C) groups is 1. The van der Waals surface area contributed by atoms with E-state index in [0.29, 0.717) is 0 Å². The Morgan fingerprint density at radius 1 is 1.17 bits per heavy atom. The van der Waals surface area contributed by atoms with Gasteiger partial charge in [0.05, 0.1) is 6.54 Å². The van der Waals surface area contributed by atoms with E-state index in [1.165, 1.54) is 0 Å². The Kier molecular flexibility index (Phi) is 3.97. The maximum absolute atomic E-state index is 10.6. The Morgan fingerprint density at radius 2 is 1.91 bits per heavy atom. The van der Waals surface area contributed by atoms with Gasteiger partial charge in [-0.15, -0.1) is 0 Å². The highest BCUT2D eigenvalue weighted by Gasteiger charge is 2.08. The number of para-hydroxylation sites is 1. The molecule has 0 unspecified atom stereocenters. The number of hydrogen-bond acceptors (Lipinski definition) is 3. The minimum Gasteiger partial charge on any atom is -0.465 e. The first-order valence-electron chi connectivity index (χ1n) is 7.09. The van der Waals surface area contributed by atoms with Crippen molar-refractivity contribution in [2.45, 2.75) is 0 Å². The molecular formula is C17H16N4O2. The van der Waals surface area contributed by atoms with Crippen molar-refractivity contribution < 1.29 is 9.90 Å². The van der Waals surface area contributed by atoms with Gasteiger partial charge in [-0.3, -0.25) is 5.32 Å². The average Bonchev–Trinajstić information content (AvgIpc) is 2.68. The second-order valence-electron chi connectivity index (χ2n) is 5.05. The summed E-state index contributed by atoms with van der Waals surface area (Å²) in [6.07, 6.45) is 0.872. The van der Waals surface area contributed by atoms with Crippen LogP contribution in [-0.2, 0) is 0 Å². The molecular weight excluding hydrogens is 292 g/mol. The van der Waals surface area contributed by atoms with Crippen LogP contribution in [0.3, 0.4) is 0 Å². The van der Waals surface area contributed by atoms with Crippen molar-refractivity contribution in [1.29, 1.82) is 0 Å². The Hall–Kier alpha value is -3.28. The zero-order valence-corrected chi connectivity index (χ0v) is 12.3. The van der Waals surface area contributed by atoms with Crippen LogP contribution in [0.15, 0.2) is 53.5 Å². The van der Waals surface area contributed by atoms with Crippen LogP contribution in [0.25, 0.3) is 11.8 Å². The number of amides is 1. The summed E-state index contributed by atoms with van der Waals surface area (Å²) in [7, 11) is 0. The zero-order valence-electron chi connectivity index (χ0n) is 12.3. The van der Waals surface area contributed by atoms with Crippen LogP contribution in [0, 0.1) is 0 Å². The van der Waals surface area contributed by atoms with Gasteiger partial charge in [-0.05, 0) is 22.9 Å². The smallest absolute Gasteiger partial charge is 0.411 e. The molecule has 2 aromatic rings. The van der Waals surface area contributed by atoms with Crippen molar-refractivity contribution in [3.63, 3.8) is 0 Å². The number of guanidine groups is 1. The van der Waals surface area contributed by atoms with E-state index >= 15 is 0 Å². The molecule has 1 aliphatic heterocycles. The van der Waals surface area contributed by atoms with Gasteiger partial charge >= 0.3 is 6.09 Å². The summed E-state index contributed by atoms with van der Waals surface area (Å²) in [6, 6.07) is 15.9. The molecule has 0 radical (unpaired) electrons. The van der Waals surface area contributed by atoms with E-state index in [-0.39, 0.29) is 12.5 Å². The van der Waals surface area contributed by atoms with Crippen molar-refractivity contribution in [3.05, 3.63) is 64.5 Å². The van der Waals surface area contributed by atoms with Crippen LogP contribution in [0.1, 0.15) is 5.56 Å². The Balaban J connectivity index is 2.05. The predicted octanol–water partition coefficient (Wildman–Crippen LogP) is 0.631. The number of carboxylic acid groups (broad SMARTS) is 1. The van der Waals surface area contributed by atoms with Crippen molar-refractivity contribution in [2.24, 2.45) is 10.7 Å². The van der Waals surface area contributed by atoms with Crippen LogP contribution < -0.4 is 26.8 Å². The Labute approximate surface area is 132 Å². The van der Waals surface area contributed by atoms with Gasteiger partial charge in [0, 0.05) is 16.6 Å². The van der Waals surface area contributed by atoms with Gasteiger partial charge in [-0.1, -0.05) is 42.5 Å². The van der Waals surface area contributed by atoms with Gasteiger partial charge in [0.15, 0.2) is 5.96 Å². The van der Waals surface area contributed by atoms with Crippen LogP contribution >= 0.6 is 0 Å². The van der Waals surface area contributed by atoms with E-state index in [1.54, 1.807) is 0 Å². The number of nitrogens with two attached hydrogens (primary N) is 1. The maximum Gasteiger partial charge on any atom is 0.411 e. The number of nitrogens with zero attached hydrogens (tertiary/aromatic N) is 1. The number of anilines is 1. The van der Waals surface area contributed by atoms with Gasteiger partial charge in [-0.2, -0.15) is 0 Å². The van der Waals surface area contributed by atoms with Gasteiger partial charge in [0.1, 0.15) is 0 Å². The fourth-order valence-corrected chi connectivity index (χ4v) is 2.47. The fourth-order valence-electron chi connectivity index (χ4n) is 2.47. The van der Waals surface area contributed by atoms with E-state index < -0.39 is 6.09 Å². The second kappa shape index (κ2) is 6.23. The normalized spacial score (nSPS) is 13.0. The molecule has 116 valence electrons. The molecule has 3 rings (SSSR count). The molecule has 0 aliphatic carbocycles. The van der Waals surface area contributed by atoms with E-state index in [2.05, 4.69) is 16.4 Å². The molecule has 1 aliphatic rings. The SMILES string of the molecule is NC(=NCC1=c2ccccc2=Cc2ccccc2N1)NC(=O)O. The third-order valence-electron chi connectivity index (χ3n) is 3.49. The molecule has 0 bridgehead atoms. The molecule has 0 aromatic heterocycles. The Morgan fingerprint density at radius 3 is 2.74 bits per heavy atom. The molecule has 0 saturated carbocycles. The average molecular weight is 308 g/mol. The summed E-state index contributed by atoms with van der Waals surface area (Å²) in [6.45, 7) is 0.241. The first kappa shape index (κ1) is 14.6. The summed E-state index contributed by atoms with van der Waals surface area (Å²) in [5.41, 5.74) is 8.46. The minimum atomic E-state index is -1.23. The van der Waals surface area contributed by atoms with Crippen LogP contribution in [0.4, 0.5) is 10.5 Å². The highest BCUT2D eigenvalue weighted by Crippen LogP contribution is 2.19. The quantitative estimate of drug-likeness (QED) is 0.483.